The van der Waals surface area contributed by atoms with E-state index < -0.39 is 10.0 Å². The molecule has 6 nitrogen and oxygen atoms in total. The lowest BCUT2D eigenvalue weighted by Crippen LogP contribution is -2.36. The minimum absolute atomic E-state index is 0.213. The van der Waals surface area contributed by atoms with Gasteiger partial charge in [0.1, 0.15) is 0 Å². The third kappa shape index (κ3) is 4.21. The van der Waals surface area contributed by atoms with Crippen LogP contribution in [0.25, 0.3) is 10.9 Å². The van der Waals surface area contributed by atoms with Crippen LogP contribution in [0.3, 0.4) is 0 Å². The Labute approximate surface area is 160 Å². The van der Waals surface area contributed by atoms with Crippen LogP contribution in [0.15, 0.2) is 59.6 Å². The molecule has 0 unspecified atom stereocenters. The molecule has 7 heteroatoms. The third-order valence-corrected chi connectivity index (χ3v) is 6.46. The SMILES string of the molecule is CC(C)n1ncc2cc(S(=O)(=O)N(CCN)CCc3ccccc3)ccc21. The first kappa shape index (κ1) is 19.5. The van der Waals surface area contributed by atoms with E-state index in [0.717, 1.165) is 16.5 Å². The zero-order valence-corrected chi connectivity index (χ0v) is 16.6. The molecule has 2 aromatic carbocycles. The summed E-state index contributed by atoms with van der Waals surface area (Å²) in [5, 5.41) is 5.18. The van der Waals surface area contributed by atoms with E-state index in [4.69, 9.17) is 5.73 Å². The molecule has 0 atom stereocenters. The Morgan fingerprint density at radius 3 is 2.52 bits per heavy atom. The second kappa shape index (κ2) is 8.21. The molecule has 3 aromatic rings. The first-order valence-electron chi connectivity index (χ1n) is 9.15. The second-order valence-electron chi connectivity index (χ2n) is 6.83. The average molecular weight is 387 g/mol. The number of hydrogen-bond acceptors (Lipinski definition) is 4. The molecule has 0 radical (unpaired) electrons. The van der Waals surface area contributed by atoms with Gasteiger partial charge < -0.3 is 5.73 Å². The highest BCUT2D eigenvalue weighted by Crippen LogP contribution is 2.24. The molecule has 0 saturated carbocycles. The normalized spacial score (nSPS) is 12.3. The van der Waals surface area contributed by atoms with Gasteiger partial charge in [-0.05, 0) is 44.0 Å². The average Bonchev–Trinajstić information content (AvgIpc) is 3.09. The largest absolute Gasteiger partial charge is 0.329 e. The van der Waals surface area contributed by atoms with Gasteiger partial charge in [0.15, 0.2) is 0 Å². The highest BCUT2D eigenvalue weighted by Gasteiger charge is 2.24. The number of benzene rings is 2. The zero-order valence-electron chi connectivity index (χ0n) is 15.7. The van der Waals surface area contributed by atoms with Gasteiger partial charge in [-0.25, -0.2) is 8.42 Å². The minimum atomic E-state index is -3.62. The summed E-state index contributed by atoms with van der Waals surface area (Å²) in [4.78, 5) is 0.278. The molecule has 27 heavy (non-hydrogen) atoms. The fraction of sp³-hybridized carbons (Fsp3) is 0.350. The molecule has 1 aromatic heterocycles. The zero-order chi connectivity index (χ0) is 19.4. The first-order chi connectivity index (χ1) is 12.9. The topological polar surface area (TPSA) is 81.2 Å². The van der Waals surface area contributed by atoms with E-state index in [0.29, 0.717) is 19.5 Å². The van der Waals surface area contributed by atoms with Crippen molar-refractivity contribution in [3.63, 3.8) is 0 Å². The standard InChI is InChI=1S/C20H26N4O2S/c1-16(2)24-20-9-8-19(14-18(20)15-22-24)27(25,26)23(13-11-21)12-10-17-6-4-3-5-7-17/h3-9,14-16H,10-13,21H2,1-2H3. The molecule has 1 heterocycles. The molecule has 0 aliphatic rings. The van der Waals surface area contributed by atoms with E-state index in [-0.39, 0.29) is 17.5 Å². The van der Waals surface area contributed by atoms with Gasteiger partial charge in [-0.2, -0.15) is 9.40 Å². The molecule has 3 rings (SSSR count). The van der Waals surface area contributed by atoms with Crippen LogP contribution in [0.2, 0.25) is 0 Å². The van der Waals surface area contributed by atoms with Gasteiger partial charge in [0.2, 0.25) is 10.0 Å². The summed E-state index contributed by atoms with van der Waals surface area (Å²) in [6.07, 6.45) is 2.36. The summed E-state index contributed by atoms with van der Waals surface area (Å²) < 4.78 is 29.7. The fourth-order valence-corrected chi connectivity index (χ4v) is 4.64. The molecule has 2 N–H and O–H groups in total. The van der Waals surface area contributed by atoms with Crippen molar-refractivity contribution in [1.82, 2.24) is 14.1 Å². The van der Waals surface area contributed by atoms with Crippen LogP contribution in [0.5, 0.6) is 0 Å². The number of fused-ring (bicyclic) bond motifs is 1. The second-order valence-corrected chi connectivity index (χ2v) is 8.77. The number of aromatic nitrogens is 2. The van der Waals surface area contributed by atoms with Crippen LogP contribution in [0.1, 0.15) is 25.5 Å². The van der Waals surface area contributed by atoms with Gasteiger partial charge in [0.05, 0.1) is 16.6 Å². The Morgan fingerprint density at radius 1 is 1.11 bits per heavy atom. The minimum Gasteiger partial charge on any atom is -0.329 e. The number of hydrogen-bond donors (Lipinski definition) is 1. The van der Waals surface area contributed by atoms with Crippen molar-refractivity contribution >= 4 is 20.9 Å². The molecule has 0 saturated heterocycles. The maximum Gasteiger partial charge on any atom is 0.243 e. The van der Waals surface area contributed by atoms with Crippen molar-refractivity contribution in [3.8, 4) is 0 Å². The molecule has 0 amide bonds. The lowest BCUT2D eigenvalue weighted by Gasteiger charge is -2.22. The molecular weight excluding hydrogens is 360 g/mol. The molecule has 0 aliphatic carbocycles. The Balaban J connectivity index is 1.88. The van der Waals surface area contributed by atoms with Gasteiger partial charge in [-0.3, -0.25) is 4.68 Å². The molecule has 0 bridgehead atoms. The van der Waals surface area contributed by atoms with Gasteiger partial charge in [0.25, 0.3) is 0 Å². The van der Waals surface area contributed by atoms with Gasteiger partial charge in [-0.1, -0.05) is 30.3 Å². The van der Waals surface area contributed by atoms with E-state index in [2.05, 4.69) is 5.10 Å². The van der Waals surface area contributed by atoms with Crippen molar-refractivity contribution in [2.24, 2.45) is 5.73 Å². The Bertz CT molecular complexity index is 997. The van der Waals surface area contributed by atoms with E-state index in [1.807, 2.05) is 54.9 Å². The lowest BCUT2D eigenvalue weighted by atomic mass is 10.1. The van der Waals surface area contributed by atoms with Gasteiger partial charge in [0, 0.05) is 31.1 Å². The number of nitrogens with zero attached hydrogens (tertiary/aromatic N) is 3. The lowest BCUT2D eigenvalue weighted by molar-refractivity contribution is 0.422. The Kier molecular flexibility index (Phi) is 5.94. The summed E-state index contributed by atoms with van der Waals surface area (Å²) in [5.74, 6) is 0. The van der Waals surface area contributed by atoms with Crippen LogP contribution in [0, 0.1) is 0 Å². The smallest absolute Gasteiger partial charge is 0.243 e. The summed E-state index contributed by atoms with van der Waals surface area (Å²) in [6.45, 7) is 5.06. The monoisotopic (exact) mass is 386 g/mol. The van der Waals surface area contributed by atoms with Gasteiger partial charge in [-0.15, -0.1) is 0 Å². The van der Waals surface area contributed by atoms with Crippen LogP contribution in [0.4, 0.5) is 0 Å². The van der Waals surface area contributed by atoms with E-state index in [1.54, 1.807) is 18.3 Å². The molecule has 0 aliphatic heterocycles. The summed E-state index contributed by atoms with van der Waals surface area (Å²) in [5.41, 5.74) is 7.71. The number of rotatable bonds is 8. The number of sulfonamides is 1. The van der Waals surface area contributed by atoms with Crippen molar-refractivity contribution in [3.05, 3.63) is 60.3 Å². The molecular formula is C20H26N4O2S. The third-order valence-electron chi connectivity index (χ3n) is 4.57. The Hall–Kier alpha value is -2.22. The highest BCUT2D eigenvalue weighted by atomic mass is 32.2. The maximum atomic E-state index is 13.2. The first-order valence-corrected chi connectivity index (χ1v) is 10.6. The van der Waals surface area contributed by atoms with Crippen LogP contribution >= 0.6 is 0 Å². The highest BCUT2D eigenvalue weighted by molar-refractivity contribution is 7.89. The predicted molar refractivity (Wildman–Crippen MR) is 108 cm³/mol. The summed E-state index contributed by atoms with van der Waals surface area (Å²) >= 11 is 0. The predicted octanol–water partition coefficient (Wildman–Crippen LogP) is 2.81. The van der Waals surface area contributed by atoms with Crippen LogP contribution < -0.4 is 5.73 Å². The van der Waals surface area contributed by atoms with E-state index >= 15 is 0 Å². The molecule has 144 valence electrons. The molecule has 0 spiro atoms. The van der Waals surface area contributed by atoms with Gasteiger partial charge >= 0.3 is 0 Å². The van der Waals surface area contributed by atoms with Crippen molar-refractivity contribution in [2.45, 2.75) is 31.2 Å². The fourth-order valence-electron chi connectivity index (χ4n) is 3.15. The summed E-state index contributed by atoms with van der Waals surface area (Å²) in [7, 11) is -3.62. The van der Waals surface area contributed by atoms with Crippen LogP contribution in [-0.2, 0) is 16.4 Å². The van der Waals surface area contributed by atoms with Crippen molar-refractivity contribution in [1.29, 1.82) is 0 Å². The number of nitrogens with two attached hydrogens (primary N) is 1. The Morgan fingerprint density at radius 2 is 1.85 bits per heavy atom. The van der Waals surface area contributed by atoms with E-state index in [9.17, 15) is 8.42 Å². The van der Waals surface area contributed by atoms with Crippen LogP contribution in [-0.4, -0.2) is 42.1 Å². The van der Waals surface area contributed by atoms with Crippen molar-refractivity contribution in [2.75, 3.05) is 19.6 Å². The summed E-state index contributed by atoms with van der Waals surface area (Å²) in [6, 6.07) is 15.3. The van der Waals surface area contributed by atoms with Crippen molar-refractivity contribution < 1.29 is 8.42 Å². The van der Waals surface area contributed by atoms with E-state index in [1.165, 1.54) is 4.31 Å². The molecule has 0 fully saturated rings. The quantitative estimate of drug-likeness (QED) is 0.645. The maximum absolute atomic E-state index is 13.2.